The van der Waals surface area contributed by atoms with E-state index in [-0.39, 0.29) is 17.2 Å². The molecule has 1 atom stereocenters. The SMILES string of the molecule is CCC(CCO)CNc1cccc(S(=O)(=O)N(C)C)c1N. The number of nitrogens with zero attached hydrogens (tertiary/aromatic N) is 1. The van der Waals surface area contributed by atoms with Gasteiger partial charge in [0, 0.05) is 27.2 Å². The molecule has 0 aliphatic carbocycles. The van der Waals surface area contributed by atoms with Crippen LogP contribution in [0.2, 0.25) is 0 Å². The minimum absolute atomic E-state index is 0.104. The lowest BCUT2D eigenvalue weighted by Crippen LogP contribution is -2.24. The van der Waals surface area contributed by atoms with Crippen molar-refractivity contribution in [3.63, 3.8) is 0 Å². The smallest absolute Gasteiger partial charge is 0.244 e. The Bertz CT molecular complexity index is 559. The molecule has 0 aromatic heterocycles. The van der Waals surface area contributed by atoms with Crippen molar-refractivity contribution in [1.82, 2.24) is 4.31 Å². The molecule has 1 rings (SSSR count). The van der Waals surface area contributed by atoms with Gasteiger partial charge in [-0.1, -0.05) is 19.4 Å². The zero-order valence-electron chi connectivity index (χ0n) is 12.8. The highest BCUT2D eigenvalue weighted by atomic mass is 32.2. The Kier molecular flexibility index (Phi) is 6.44. The van der Waals surface area contributed by atoms with Crippen LogP contribution in [-0.4, -0.2) is 45.1 Å². The van der Waals surface area contributed by atoms with Crippen LogP contribution in [0.5, 0.6) is 0 Å². The van der Waals surface area contributed by atoms with Gasteiger partial charge in [0.25, 0.3) is 0 Å². The summed E-state index contributed by atoms with van der Waals surface area (Å²) < 4.78 is 25.5. The summed E-state index contributed by atoms with van der Waals surface area (Å²) >= 11 is 0. The fourth-order valence-corrected chi connectivity index (χ4v) is 3.04. The third kappa shape index (κ3) is 4.33. The summed E-state index contributed by atoms with van der Waals surface area (Å²) in [6.07, 6.45) is 1.64. The predicted octanol–water partition coefficient (Wildman–Crippen LogP) is 1.34. The van der Waals surface area contributed by atoms with Gasteiger partial charge in [0.05, 0.1) is 11.4 Å². The molecule has 0 spiro atoms. The Balaban J connectivity index is 2.97. The number of rotatable bonds is 8. The molecule has 0 heterocycles. The Hall–Kier alpha value is -1.31. The number of sulfonamides is 1. The van der Waals surface area contributed by atoms with Gasteiger partial charge in [0.15, 0.2) is 0 Å². The van der Waals surface area contributed by atoms with Crippen LogP contribution in [0.4, 0.5) is 11.4 Å². The van der Waals surface area contributed by atoms with Gasteiger partial charge in [-0.3, -0.25) is 0 Å². The molecular weight excluding hydrogens is 290 g/mol. The van der Waals surface area contributed by atoms with Crippen molar-refractivity contribution in [3.05, 3.63) is 18.2 Å². The van der Waals surface area contributed by atoms with E-state index in [9.17, 15) is 8.42 Å². The second kappa shape index (κ2) is 7.63. The van der Waals surface area contributed by atoms with Gasteiger partial charge in [-0.2, -0.15) is 0 Å². The van der Waals surface area contributed by atoms with Crippen LogP contribution in [0.3, 0.4) is 0 Å². The Labute approximate surface area is 127 Å². The second-order valence-corrected chi connectivity index (χ2v) is 7.29. The van der Waals surface area contributed by atoms with Gasteiger partial charge in [-0.25, -0.2) is 12.7 Å². The van der Waals surface area contributed by atoms with Crippen LogP contribution >= 0.6 is 0 Å². The largest absolute Gasteiger partial charge is 0.396 e. The summed E-state index contributed by atoms with van der Waals surface area (Å²) in [5, 5.41) is 12.2. The summed E-state index contributed by atoms with van der Waals surface area (Å²) in [6.45, 7) is 2.84. The van der Waals surface area contributed by atoms with Crippen LogP contribution in [0.15, 0.2) is 23.1 Å². The highest BCUT2D eigenvalue weighted by Crippen LogP contribution is 2.28. The van der Waals surface area contributed by atoms with Gasteiger partial charge in [-0.05, 0) is 24.5 Å². The molecule has 0 radical (unpaired) electrons. The molecule has 0 saturated carbocycles. The number of nitrogen functional groups attached to an aromatic ring is 1. The zero-order chi connectivity index (χ0) is 16.0. The Morgan fingerprint density at radius 2 is 2.05 bits per heavy atom. The van der Waals surface area contributed by atoms with Crippen LogP contribution in [0, 0.1) is 5.92 Å². The topological polar surface area (TPSA) is 95.7 Å². The van der Waals surface area contributed by atoms with Gasteiger partial charge >= 0.3 is 0 Å². The van der Waals surface area contributed by atoms with Crippen LogP contribution in [-0.2, 0) is 10.0 Å². The van der Waals surface area contributed by atoms with E-state index in [2.05, 4.69) is 12.2 Å². The molecule has 21 heavy (non-hydrogen) atoms. The molecule has 0 aliphatic rings. The number of hydrogen-bond donors (Lipinski definition) is 3. The average molecular weight is 315 g/mol. The first-order valence-corrected chi connectivity index (χ1v) is 8.44. The molecule has 0 saturated heterocycles. The lowest BCUT2D eigenvalue weighted by Gasteiger charge is -2.19. The fourth-order valence-electron chi connectivity index (χ4n) is 2.01. The van der Waals surface area contributed by atoms with E-state index < -0.39 is 10.0 Å². The zero-order valence-corrected chi connectivity index (χ0v) is 13.7. The number of para-hydroxylation sites is 1. The number of aliphatic hydroxyl groups excluding tert-OH is 1. The lowest BCUT2D eigenvalue weighted by atomic mass is 10.0. The summed E-state index contributed by atoms with van der Waals surface area (Å²) in [7, 11) is -0.605. The van der Waals surface area contributed by atoms with Crippen LogP contribution in [0.25, 0.3) is 0 Å². The number of aliphatic hydroxyl groups is 1. The maximum atomic E-state index is 12.2. The van der Waals surface area contributed by atoms with Crippen LogP contribution in [0.1, 0.15) is 19.8 Å². The summed E-state index contributed by atoms with van der Waals surface area (Å²) in [5.74, 6) is 0.323. The average Bonchev–Trinajstić information content (AvgIpc) is 2.44. The fraction of sp³-hybridized carbons (Fsp3) is 0.571. The quantitative estimate of drug-likeness (QED) is 0.629. The van der Waals surface area contributed by atoms with Gasteiger partial charge in [0.2, 0.25) is 10.0 Å². The lowest BCUT2D eigenvalue weighted by molar-refractivity contribution is 0.258. The normalized spacial score (nSPS) is 13.4. The third-order valence-electron chi connectivity index (χ3n) is 3.52. The van der Waals surface area contributed by atoms with Gasteiger partial charge in [-0.15, -0.1) is 0 Å². The number of nitrogens with one attached hydrogen (secondary N) is 1. The number of benzene rings is 1. The molecule has 0 aliphatic heterocycles. The maximum Gasteiger partial charge on any atom is 0.244 e. The molecular formula is C14H25N3O3S. The van der Waals surface area contributed by atoms with Crippen molar-refractivity contribution in [2.24, 2.45) is 5.92 Å². The van der Waals surface area contributed by atoms with Gasteiger partial charge < -0.3 is 16.2 Å². The van der Waals surface area contributed by atoms with E-state index in [1.165, 1.54) is 20.2 Å². The van der Waals surface area contributed by atoms with Crippen molar-refractivity contribution in [2.75, 3.05) is 38.3 Å². The summed E-state index contributed by atoms with van der Waals surface area (Å²) in [5.41, 5.74) is 6.82. The molecule has 7 heteroatoms. The maximum absolute atomic E-state index is 12.2. The summed E-state index contributed by atoms with van der Waals surface area (Å²) in [6, 6.07) is 4.93. The summed E-state index contributed by atoms with van der Waals surface area (Å²) in [4.78, 5) is 0.104. The third-order valence-corrected chi connectivity index (χ3v) is 5.39. The van der Waals surface area contributed by atoms with Gasteiger partial charge in [0.1, 0.15) is 4.90 Å². The molecule has 0 fully saturated rings. The first kappa shape index (κ1) is 17.7. The molecule has 120 valence electrons. The molecule has 1 unspecified atom stereocenters. The first-order valence-electron chi connectivity index (χ1n) is 7.00. The highest BCUT2D eigenvalue weighted by molar-refractivity contribution is 7.89. The van der Waals surface area contributed by atoms with E-state index in [0.29, 0.717) is 24.6 Å². The molecule has 1 aromatic carbocycles. The highest BCUT2D eigenvalue weighted by Gasteiger charge is 2.21. The second-order valence-electron chi connectivity index (χ2n) is 5.17. The standard InChI is InChI=1S/C14H25N3O3S/c1-4-11(8-9-18)10-16-12-6-5-7-13(14(12)15)21(19,20)17(2)3/h5-7,11,16,18H,4,8-10,15H2,1-3H3. The van der Waals surface area contributed by atoms with Crippen molar-refractivity contribution < 1.29 is 13.5 Å². The van der Waals surface area contributed by atoms with Crippen molar-refractivity contribution in [3.8, 4) is 0 Å². The molecule has 6 nitrogen and oxygen atoms in total. The minimum atomic E-state index is -3.56. The van der Waals surface area contributed by atoms with E-state index in [1.54, 1.807) is 12.1 Å². The predicted molar refractivity (Wildman–Crippen MR) is 85.7 cm³/mol. The van der Waals surface area contributed by atoms with Crippen LogP contribution < -0.4 is 11.1 Å². The first-order chi connectivity index (χ1) is 9.84. The molecule has 0 amide bonds. The van der Waals surface area contributed by atoms with E-state index in [4.69, 9.17) is 10.8 Å². The van der Waals surface area contributed by atoms with Crippen molar-refractivity contribution in [1.29, 1.82) is 0 Å². The minimum Gasteiger partial charge on any atom is -0.396 e. The monoisotopic (exact) mass is 315 g/mol. The van der Waals surface area contributed by atoms with Crippen molar-refractivity contribution >= 4 is 21.4 Å². The molecule has 1 aromatic rings. The number of hydrogen-bond acceptors (Lipinski definition) is 5. The number of nitrogens with two attached hydrogens (primary N) is 1. The molecule has 4 N–H and O–H groups in total. The van der Waals surface area contributed by atoms with E-state index >= 15 is 0 Å². The van der Waals surface area contributed by atoms with E-state index in [0.717, 1.165) is 10.7 Å². The van der Waals surface area contributed by atoms with Crippen molar-refractivity contribution in [2.45, 2.75) is 24.7 Å². The Morgan fingerprint density at radius 1 is 1.38 bits per heavy atom. The Morgan fingerprint density at radius 3 is 2.57 bits per heavy atom. The number of anilines is 2. The van der Waals surface area contributed by atoms with E-state index in [1.807, 2.05) is 0 Å². The molecule has 0 bridgehead atoms.